The van der Waals surface area contributed by atoms with Crippen molar-refractivity contribution in [1.82, 2.24) is 0 Å². The number of fused-ring (bicyclic) bond motifs is 1. The topological polar surface area (TPSA) is 57.3 Å². The van der Waals surface area contributed by atoms with E-state index in [1.165, 1.54) is 16.0 Å². The molecule has 24 heavy (non-hydrogen) atoms. The Morgan fingerprint density at radius 3 is 2.75 bits per heavy atom. The van der Waals surface area contributed by atoms with Gasteiger partial charge in [-0.25, -0.2) is 0 Å². The number of hydrogen-bond acceptors (Lipinski definition) is 2. The first-order valence-corrected chi connectivity index (χ1v) is 8.38. The van der Waals surface area contributed by atoms with Gasteiger partial charge in [-0.15, -0.1) is 0 Å². The van der Waals surface area contributed by atoms with Gasteiger partial charge in [-0.05, 0) is 30.7 Å². The van der Waals surface area contributed by atoms with Crippen LogP contribution in [0.15, 0.2) is 42.5 Å². The lowest BCUT2D eigenvalue weighted by atomic mass is 9.99. The fourth-order valence-corrected chi connectivity index (χ4v) is 3.31. The van der Waals surface area contributed by atoms with Crippen molar-refractivity contribution >= 4 is 23.2 Å². The number of anilines is 1. The summed E-state index contributed by atoms with van der Waals surface area (Å²) in [6.45, 7) is 3.75. The first-order chi connectivity index (χ1) is 11.6. The maximum absolute atomic E-state index is 12.5. The largest absolute Gasteiger partial charge is 0.321 e. The van der Waals surface area contributed by atoms with Crippen molar-refractivity contribution in [3.63, 3.8) is 0 Å². The van der Waals surface area contributed by atoms with Crippen LogP contribution in [0.5, 0.6) is 0 Å². The van der Waals surface area contributed by atoms with Crippen molar-refractivity contribution in [2.45, 2.75) is 25.9 Å². The van der Waals surface area contributed by atoms with Gasteiger partial charge in [-0.3, -0.25) is 4.79 Å². The van der Waals surface area contributed by atoms with Gasteiger partial charge in [-0.2, -0.15) is 5.26 Å². The highest BCUT2D eigenvalue weighted by Crippen LogP contribution is 2.20. The molecule has 3 rings (SSSR count). The van der Waals surface area contributed by atoms with Crippen LogP contribution in [0, 0.1) is 11.3 Å². The van der Waals surface area contributed by atoms with Crippen LogP contribution in [-0.4, -0.2) is 18.5 Å². The van der Waals surface area contributed by atoms with Crippen molar-refractivity contribution in [1.29, 1.82) is 5.26 Å². The van der Waals surface area contributed by atoms with Gasteiger partial charge in [0.25, 0.3) is 5.91 Å². The summed E-state index contributed by atoms with van der Waals surface area (Å²) in [5, 5.41) is 12.2. The molecule has 0 bridgehead atoms. The first-order valence-electron chi connectivity index (χ1n) is 8.00. The molecule has 2 aromatic rings. The summed E-state index contributed by atoms with van der Waals surface area (Å²) < 4.78 is 0. The van der Waals surface area contributed by atoms with Crippen LogP contribution in [-0.2, 0) is 17.8 Å². The number of nitrogens with one attached hydrogen (secondary N) is 2. The maximum atomic E-state index is 12.5. The normalized spacial score (nSPS) is 17.5. The summed E-state index contributed by atoms with van der Waals surface area (Å²) in [6, 6.07) is 15.2. The lowest BCUT2D eigenvalue weighted by Crippen LogP contribution is -3.16. The van der Waals surface area contributed by atoms with E-state index in [0.717, 1.165) is 19.5 Å². The molecule has 2 aromatic carbocycles. The smallest absolute Gasteiger partial charge is 0.282 e. The van der Waals surface area contributed by atoms with Gasteiger partial charge in [0.15, 0.2) is 6.04 Å². The van der Waals surface area contributed by atoms with Gasteiger partial charge in [0, 0.05) is 17.7 Å². The molecule has 0 aliphatic carbocycles. The maximum Gasteiger partial charge on any atom is 0.282 e. The Balaban J connectivity index is 1.67. The van der Waals surface area contributed by atoms with Gasteiger partial charge in [-0.1, -0.05) is 35.9 Å². The SMILES string of the molecule is C[C@@H](C(=O)Nc1ccc(C#N)c(Cl)c1)[NH+]1CCc2ccccc2C1. The van der Waals surface area contributed by atoms with Crippen molar-refractivity contribution in [2.24, 2.45) is 0 Å². The predicted octanol–water partition coefficient (Wildman–Crippen LogP) is 2.18. The number of amides is 1. The molecule has 0 saturated carbocycles. The lowest BCUT2D eigenvalue weighted by molar-refractivity contribution is -0.929. The number of quaternary nitrogens is 1. The van der Waals surface area contributed by atoms with Gasteiger partial charge in [0.2, 0.25) is 0 Å². The zero-order valence-electron chi connectivity index (χ0n) is 13.5. The molecule has 0 spiro atoms. The number of nitrogens with zero attached hydrogens (tertiary/aromatic N) is 1. The molecule has 4 nitrogen and oxygen atoms in total. The number of benzene rings is 2. The quantitative estimate of drug-likeness (QED) is 0.899. The minimum atomic E-state index is -0.159. The summed E-state index contributed by atoms with van der Waals surface area (Å²) in [7, 11) is 0. The van der Waals surface area contributed by atoms with E-state index >= 15 is 0 Å². The molecule has 122 valence electrons. The fraction of sp³-hybridized carbons (Fsp3) is 0.263. The van der Waals surface area contributed by atoms with Crippen LogP contribution in [0.25, 0.3) is 0 Å². The monoisotopic (exact) mass is 340 g/mol. The van der Waals surface area contributed by atoms with E-state index in [1.54, 1.807) is 18.2 Å². The van der Waals surface area contributed by atoms with Crippen LogP contribution in [0.3, 0.4) is 0 Å². The van der Waals surface area contributed by atoms with Crippen LogP contribution in [0.4, 0.5) is 5.69 Å². The molecule has 1 amide bonds. The molecule has 2 atom stereocenters. The Hall–Kier alpha value is -2.35. The Bertz CT molecular complexity index is 812. The van der Waals surface area contributed by atoms with Crippen LogP contribution in [0.2, 0.25) is 5.02 Å². The number of nitriles is 1. The fourth-order valence-electron chi connectivity index (χ4n) is 3.09. The minimum Gasteiger partial charge on any atom is -0.321 e. The molecule has 0 aromatic heterocycles. The number of halogens is 1. The highest BCUT2D eigenvalue weighted by Gasteiger charge is 2.28. The second-order valence-electron chi connectivity index (χ2n) is 6.12. The van der Waals surface area contributed by atoms with Gasteiger partial charge < -0.3 is 10.2 Å². The highest BCUT2D eigenvalue weighted by atomic mass is 35.5. The Labute approximate surface area is 146 Å². The molecule has 0 saturated heterocycles. The van der Waals surface area contributed by atoms with E-state index in [0.29, 0.717) is 16.3 Å². The third-order valence-electron chi connectivity index (χ3n) is 4.61. The van der Waals surface area contributed by atoms with Crippen LogP contribution in [0.1, 0.15) is 23.6 Å². The van der Waals surface area contributed by atoms with Crippen molar-refractivity contribution in [3.8, 4) is 6.07 Å². The molecule has 1 aliphatic heterocycles. The lowest BCUT2D eigenvalue weighted by Gasteiger charge is -2.30. The summed E-state index contributed by atoms with van der Waals surface area (Å²) in [4.78, 5) is 13.8. The molecule has 1 heterocycles. The summed E-state index contributed by atoms with van der Waals surface area (Å²) in [6.07, 6.45) is 0.992. The number of rotatable bonds is 3. The third kappa shape index (κ3) is 3.43. The molecule has 2 N–H and O–H groups in total. The van der Waals surface area contributed by atoms with E-state index in [1.807, 2.05) is 19.1 Å². The van der Waals surface area contributed by atoms with E-state index in [9.17, 15) is 4.79 Å². The Morgan fingerprint density at radius 1 is 1.29 bits per heavy atom. The van der Waals surface area contributed by atoms with Gasteiger partial charge in [0.05, 0.1) is 17.1 Å². The molecular formula is C19H19ClN3O+. The summed E-state index contributed by atoms with van der Waals surface area (Å²) in [5.41, 5.74) is 3.72. The van der Waals surface area contributed by atoms with E-state index in [-0.39, 0.29) is 11.9 Å². The Morgan fingerprint density at radius 2 is 2.04 bits per heavy atom. The number of carbonyl (C=O) groups is 1. The second-order valence-corrected chi connectivity index (χ2v) is 6.53. The minimum absolute atomic E-state index is 0.0369. The van der Waals surface area contributed by atoms with Gasteiger partial charge in [0.1, 0.15) is 12.6 Å². The third-order valence-corrected chi connectivity index (χ3v) is 4.93. The predicted molar refractivity (Wildman–Crippen MR) is 93.9 cm³/mol. The standard InChI is InChI=1S/C19H18ClN3O/c1-13(23-9-8-14-4-2-3-5-16(14)12-23)19(24)22-17-7-6-15(11-21)18(20)10-17/h2-7,10,13H,8-9,12H2,1H3,(H,22,24)/p+1/t13-/m0/s1. The van der Waals surface area contributed by atoms with Crippen LogP contribution >= 0.6 is 11.6 Å². The second kappa shape index (κ2) is 7.04. The molecule has 1 unspecified atom stereocenters. The first kappa shape index (κ1) is 16.5. The average molecular weight is 341 g/mol. The van der Waals surface area contributed by atoms with Crippen molar-refractivity contribution < 1.29 is 9.69 Å². The molecule has 1 aliphatic rings. The number of carbonyl (C=O) groups excluding carboxylic acids is 1. The number of hydrogen-bond donors (Lipinski definition) is 2. The molecule has 0 radical (unpaired) electrons. The van der Waals surface area contributed by atoms with E-state index < -0.39 is 0 Å². The van der Waals surface area contributed by atoms with Crippen molar-refractivity contribution in [2.75, 3.05) is 11.9 Å². The van der Waals surface area contributed by atoms with Crippen LogP contribution < -0.4 is 10.2 Å². The van der Waals surface area contributed by atoms with Crippen molar-refractivity contribution in [3.05, 3.63) is 64.2 Å². The summed E-state index contributed by atoms with van der Waals surface area (Å²) >= 11 is 6.02. The molecule has 5 heteroatoms. The Kier molecular flexibility index (Phi) is 4.84. The highest BCUT2D eigenvalue weighted by molar-refractivity contribution is 6.32. The molecular weight excluding hydrogens is 322 g/mol. The summed E-state index contributed by atoms with van der Waals surface area (Å²) in [5.74, 6) is -0.0369. The van der Waals surface area contributed by atoms with E-state index in [4.69, 9.17) is 16.9 Å². The zero-order chi connectivity index (χ0) is 17.1. The van der Waals surface area contributed by atoms with Gasteiger partial charge >= 0.3 is 0 Å². The van der Waals surface area contributed by atoms with E-state index in [2.05, 4.69) is 23.5 Å². The zero-order valence-corrected chi connectivity index (χ0v) is 14.2. The average Bonchev–Trinajstić information content (AvgIpc) is 2.60. The molecule has 0 fully saturated rings.